The van der Waals surface area contributed by atoms with E-state index in [4.69, 9.17) is 0 Å². The number of aryl methyl sites for hydroxylation is 2. The van der Waals surface area contributed by atoms with E-state index in [1.807, 2.05) is 0 Å². The van der Waals surface area contributed by atoms with Crippen molar-refractivity contribution in [2.24, 2.45) is 13.0 Å². The summed E-state index contributed by atoms with van der Waals surface area (Å²) < 4.78 is 40.4. The van der Waals surface area contributed by atoms with Crippen LogP contribution in [0.2, 0.25) is 0 Å². The molecular weight excluding hydrogens is 443 g/mol. The Bertz CT molecular complexity index is 1160. The molecule has 1 aliphatic rings. The van der Waals surface area contributed by atoms with Gasteiger partial charge in [-0.15, -0.1) is 11.3 Å². The number of likely N-dealkylation sites (tertiary alicyclic amines) is 1. The number of fused-ring (bicyclic) bond motifs is 1. The summed E-state index contributed by atoms with van der Waals surface area (Å²) in [6.07, 6.45) is 0.108. The van der Waals surface area contributed by atoms with E-state index in [1.165, 1.54) is 12.3 Å². The summed E-state index contributed by atoms with van der Waals surface area (Å²) in [7, 11) is 1.74. The van der Waals surface area contributed by atoms with Crippen molar-refractivity contribution >= 4 is 33.4 Å². The van der Waals surface area contributed by atoms with Crippen LogP contribution in [0.1, 0.15) is 44.1 Å². The quantitative estimate of drug-likeness (QED) is 0.638. The molecule has 0 radical (unpaired) electrons. The van der Waals surface area contributed by atoms with Crippen LogP contribution in [0.25, 0.3) is 10.2 Å². The molecule has 0 aromatic carbocycles. The Hall–Kier alpha value is -2.95. The molecular formula is C21H22F3N5O2S. The summed E-state index contributed by atoms with van der Waals surface area (Å²) in [6.45, 7) is 3.31. The maximum atomic E-state index is 13.0. The molecule has 0 unspecified atom stereocenters. The van der Waals surface area contributed by atoms with Gasteiger partial charge >= 0.3 is 6.18 Å². The van der Waals surface area contributed by atoms with Crippen molar-refractivity contribution in [1.82, 2.24) is 25.0 Å². The van der Waals surface area contributed by atoms with E-state index in [-0.39, 0.29) is 22.6 Å². The number of halogens is 3. The number of piperidine rings is 1. The number of carbonyl (C=O) groups excluding carboxylic acids is 2. The number of hydrogen-bond donors (Lipinski definition) is 1. The minimum absolute atomic E-state index is 0.178. The average Bonchev–Trinajstić information content (AvgIpc) is 3.34. The van der Waals surface area contributed by atoms with Gasteiger partial charge < -0.3 is 10.2 Å². The summed E-state index contributed by atoms with van der Waals surface area (Å²) in [4.78, 5) is 31.3. The molecule has 1 N–H and O–H groups in total. The van der Waals surface area contributed by atoms with Gasteiger partial charge in [-0.3, -0.25) is 14.3 Å². The van der Waals surface area contributed by atoms with E-state index in [0.717, 1.165) is 30.2 Å². The number of aromatic nitrogens is 3. The van der Waals surface area contributed by atoms with Gasteiger partial charge in [0.25, 0.3) is 11.8 Å². The van der Waals surface area contributed by atoms with Gasteiger partial charge in [0, 0.05) is 38.3 Å². The second kappa shape index (κ2) is 8.53. The molecule has 3 aromatic rings. The van der Waals surface area contributed by atoms with Crippen molar-refractivity contribution in [3.63, 3.8) is 0 Å². The molecule has 0 saturated carbocycles. The summed E-state index contributed by atoms with van der Waals surface area (Å²) in [5, 5.41) is 7.46. The van der Waals surface area contributed by atoms with E-state index in [2.05, 4.69) is 15.4 Å². The van der Waals surface area contributed by atoms with E-state index in [9.17, 15) is 22.8 Å². The molecule has 0 spiro atoms. The Morgan fingerprint density at radius 2 is 1.97 bits per heavy atom. The van der Waals surface area contributed by atoms with Crippen LogP contribution in [0.3, 0.4) is 0 Å². The first-order valence-electron chi connectivity index (χ1n) is 10.2. The predicted molar refractivity (Wildman–Crippen MR) is 114 cm³/mol. The number of alkyl halides is 3. The molecule has 0 bridgehead atoms. The zero-order chi connectivity index (χ0) is 23.0. The monoisotopic (exact) mass is 465 g/mol. The van der Waals surface area contributed by atoms with Crippen LogP contribution in [-0.4, -0.2) is 51.1 Å². The molecule has 3 aromatic heterocycles. The van der Waals surface area contributed by atoms with Crippen LogP contribution in [0.15, 0.2) is 24.5 Å². The van der Waals surface area contributed by atoms with Gasteiger partial charge in [-0.1, -0.05) is 0 Å². The predicted octanol–water partition coefficient (Wildman–Crippen LogP) is 3.64. The van der Waals surface area contributed by atoms with E-state index >= 15 is 0 Å². The Morgan fingerprint density at radius 1 is 1.25 bits per heavy atom. The van der Waals surface area contributed by atoms with Gasteiger partial charge in [0.15, 0.2) is 0 Å². The number of nitrogens with zero attached hydrogens (tertiary/aromatic N) is 4. The molecule has 11 heteroatoms. The lowest BCUT2D eigenvalue weighted by atomic mass is 9.96. The normalized spacial score (nSPS) is 15.3. The zero-order valence-corrected chi connectivity index (χ0v) is 18.4. The van der Waals surface area contributed by atoms with Crippen molar-refractivity contribution < 1.29 is 22.8 Å². The molecule has 0 aliphatic carbocycles. The SMILES string of the molecule is Cc1c(C(=O)N2CCC(CNC(=O)c3cnn(C)c3)CC2)sc2nc(C(F)(F)F)ccc12. The first-order chi connectivity index (χ1) is 15.1. The summed E-state index contributed by atoms with van der Waals surface area (Å²) in [5.41, 5.74) is 0.198. The maximum Gasteiger partial charge on any atom is 0.433 e. The molecule has 7 nitrogen and oxygen atoms in total. The summed E-state index contributed by atoms with van der Waals surface area (Å²) >= 11 is 1.00. The highest BCUT2D eigenvalue weighted by Crippen LogP contribution is 2.35. The number of nitrogens with one attached hydrogen (secondary N) is 1. The average molecular weight is 466 g/mol. The molecule has 2 amide bonds. The lowest BCUT2D eigenvalue weighted by Gasteiger charge is -2.32. The van der Waals surface area contributed by atoms with Gasteiger partial charge in [0.1, 0.15) is 10.5 Å². The fraction of sp³-hybridized carbons (Fsp3) is 0.429. The second-order valence-corrected chi connectivity index (χ2v) is 8.95. The molecule has 0 atom stereocenters. The van der Waals surface area contributed by atoms with Crippen LogP contribution in [0.4, 0.5) is 13.2 Å². The smallest absolute Gasteiger partial charge is 0.352 e. The lowest BCUT2D eigenvalue weighted by molar-refractivity contribution is -0.140. The minimum Gasteiger partial charge on any atom is -0.352 e. The van der Waals surface area contributed by atoms with Gasteiger partial charge in [-0.25, -0.2) is 4.98 Å². The molecule has 4 heterocycles. The van der Waals surface area contributed by atoms with Crippen molar-refractivity contribution in [1.29, 1.82) is 0 Å². The van der Waals surface area contributed by atoms with Gasteiger partial charge in [0.2, 0.25) is 0 Å². The molecule has 1 saturated heterocycles. The van der Waals surface area contributed by atoms with Gasteiger partial charge in [-0.05, 0) is 43.4 Å². The standard InChI is InChI=1S/C21H22F3N5O2S/c1-12-15-3-4-16(21(22,23)24)27-19(15)32-17(12)20(31)29-7-5-13(6-8-29)9-25-18(30)14-10-26-28(2)11-14/h3-4,10-11,13H,5-9H2,1-2H3,(H,25,30). The number of amides is 2. The third-order valence-corrected chi connectivity index (χ3v) is 6.90. The number of thiophene rings is 1. The van der Waals surface area contributed by atoms with Crippen molar-refractivity contribution in [2.45, 2.75) is 25.9 Å². The van der Waals surface area contributed by atoms with E-state index in [0.29, 0.717) is 41.0 Å². The topological polar surface area (TPSA) is 80.1 Å². The zero-order valence-electron chi connectivity index (χ0n) is 17.6. The highest BCUT2D eigenvalue weighted by molar-refractivity contribution is 7.20. The van der Waals surface area contributed by atoms with Crippen LogP contribution in [-0.2, 0) is 13.2 Å². The van der Waals surface area contributed by atoms with Gasteiger partial charge in [0.05, 0.1) is 16.6 Å². The highest BCUT2D eigenvalue weighted by Gasteiger charge is 2.33. The fourth-order valence-corrected chi connectivity index (χ4v) is 4.97. The fourth-order valence-electron chi connectivity index (χ4n) is 3.82. The number of rotatable bonds is 4. The molecule has 1 aliphatic heterocycles. The Balaban J connectivity index is 1.37. The Kier molecular flexibility index (Phi) is 5.93. The molecule has 4 rings (SSSR count). The number of hydrogen-bond acceptors (Lipinski definition) is 5. The lowest BCUT2D eigenvalue weighted by Crippen LogP contribution is -2.41. The summed E-state index contributed by atoms with van der Waals surface area (Å²) in [5.74, 6) is -0.112. The van der Waals surface area contributed by atoms with Crippen LogP contribution >= 0.6 is 11.3 Å². The highest BCUT2D eigenvalue weighted by atomic mass is 32.1. The van der Waals surface area contributed by atoms with Gasteiger partial charge in [-0.2, -0.15) is 18.3 Å². The number of carbonyl (C=O) groups is 2. The first-order valence-corrected chi connectivity index (χ1v) is 11.0. The minimum atomic E-state index is -4.52. The second-order valence-electron chi connectivity index (χ2n) is 7.95. The summed E-state index contributed by atoms with van der Waals surface area (Å²) in [6, 6.07) is 2.33. The van der Waals surface area contributed by atoms with Crippen LogP contribution < -0.4 is 5.32 Å². The molecule has 170 valence electrons. The number of pyridine rings is 1. The molecule has 32 heavy (non-hydrogen) atoms. The Labute approximate surface area is 186 Å². The van der Waals surface area contributed by atoms with Crippen molar-refractivity contribution in [3.05, 3.63) is 46.2 Å². The van der Waals surface area contributed by atoms with Crippen LogP contribution in [0.5, 0.6) is 0 Å². The largest absolute Gasteiger partial charge is 0.433 e. The van der Waals surface area contributed by atoms with E-state index in [1.54, 1.807) is 29.7 Å². The van der Waals surface area contributed by atoms with Crippen molar-refractivity contribution in [2.75, 3.05) is 19.6 Å². The first kappa shape index (κ1) is 22.3. The third kappa shape index (κ3) is 4.47. The van der Waals surface area contributed by atoms with Crippen molar-refractivity contribution in [3.8, 4) is 0 Å². The molecule has 1 fully saturated rings. The third-order valence-electron chi connectivity index (χ3n) is 5.71. The van der Waals surface area contributed by atoms with Crippen LogP contribution in [0, 0.1) is 12.8 Å². The van der Waals surface area contributed by atoms with E-state index < -0.39 is 11.9 Å². The maximum absolute atomic E-state index is 13.0. The Morgan fingerprint density at radius 3 is 2.59 bits per heavy atom.